The van der Waals surface area contributed by atoms with Crippen LogP contribution in [-0.4, -0.2) is 494 Å². The van der Waals surface area contributed by atoms with Crippen molar-refractivity contribution < 1.29 is 180 Å². The van der Waals surface area contributed by atoms with Gasteiger partial charge in [-0.2, -0.15) is 0 Å². The first kappa shape index (κ1) is 131. The molecule has 0 radical (unpaired) electrons. The number of nitrogens with one attached hydrogen (secondary N) is 1. The minimum Gasteiger partial charge on any atom is -0.379 e. The van der Waals surface area contributed by atoms with E-state index in [4.69, 9.17) is 171 Å². The number of ketones is 1. The van der Waals surface area contributed by atoms with E-state index in [2.05, 4.69) is 12.2 Å². The Balaban J connectivity index is 3.12. The Morgan fingerprint density at radius 1 is 0.135 bits per heavy atom. The number of amides is 1. The highest BCUT2D eigenvalue weighted by molar-refractivity contribution is 5.76. The van der Waals surface area contributed by atoms with E-state index in [0.717, 1.165) is 12.8 Å². The van der Waals surface area contributed by atoms with Crippen LogP contribution in [0.2, 0.25) is 0 Å². The molecule has 0 aromatic heterocycles. The standard InChI is InChI=1S/C94H187NO38/c1-3-4-5-6-7-8-9-10-11-12-13-14-15-16-17-18-94(97)95-20-22-99-24-26-101-28-30-103-32-34-105-36-38-107-40-42-109-44-46-111-48-50-113-52-54-115-56-58-117-60-62-119-64-66-121-68-70-123-72-74-125-76-78-127-80-82-129-84-86-131-88-90-133-92-91-132-89-87-130-85-83-128-81-79-126-77-75-124-73-71-122-69-67-120-65-63-118-61-59-116-57-55-114-53-51-112-49-47-110-45-43-108-41-39-106-37-35-104-33-31-102-29-27-100-25-23-98-21-19-93(2)96/h3-92H2,1-2H3,(H,95,97). The molecule has 0 aromatic carbocycles. The van der Waals surface area contributed by atoms with Crippen molar-refractivity contribution in [2.45, 2.75) is 123 Å². The fourth-order valence-corrected chi connectivity index (χ4v) is 11.0. The molecule has 0 saturated heterocycles. The molecule has 1 N–H and O–H groups in total. The molecule has 0 spiro atoms. The van der Waals surface area contributed by atoms with Gasteiger partial charge in [0.15, 0.2) is 0 Å². The summed E-state index contributed by atoms with van der Waals surface area (Å²) in [6, 6.07) is 0. The van der Waals surface area contributed by atoms with Gasteiger partial charge in [0.1, 0.15) is 5.78 Å². The molecule has 0 atom stereocenters. The summed E-state index contributed by atoms with van der Waals surface area (Å²) in [5.74, 6) is 0.229. The van der Waals surface area contributed by atoms with E-state index in [1.54, 1.807) is 6.92 Å². The summed E-state index contributed by atoms with van der Waals surface area (Å²) in [5, 5.41) is 2.95. The Labute approximate surface area is 799 Å². The van der Waals surface area contributed by atoms with Gasteiger partial charge in [-0.05, 0) is 13.3 Å². The SMILES string of the molecule is CCCCCCCCCCCCCCCCCC(=O)NCCOCCOCCOCCOCCOCCOCCOCCOCCOCCOCCOCCOCCOCCOCCOCCOCCOCCOCCOCCOCCOCCOCCOCCOCCOCCOCCOCCOCCOCCOCCOCCOCCOCCOCCOCCOCCC(C)=O. The molecule has 0 rings (SSSR count). The lowest BCUT2D eigenvalue weighted by Gasteiger charge is -2.09. The van der Waals surface area contributed by atoms with E-state index < -0.39 is 0 Å². The van der Waals surface area contributed by atoms with Gasteiger partial charge in [-0.1, -0.05) is 96.8 Å². The lowest BCUT2D eigenvalue weighted by atomic mass is 10.0. The molecule has 0 unspecified atom stereocenters. The zero-order chi connectivity index (χ0) is 95.0. The van der Waals surface area contributed by atoms with E-state index in [0.29, 0.717) is 495 Å². The first-order valence-corrected chi connectivity index (χ1v) is 49.7. The highest BCUT2D eigenvalue weighted by Gasteiger charge is 2.07. The van der Waals surface area contributed by atoms with Crippen LogP contribution in [0.5, 0.6) is 0 Å². The normalized spacial score (nSPS) is 11.8. The third-order valence-corrected chi connectivity index (χ3v) is 18.2. The molecule has 796 valence electrons. The zero-order valence-electron chi connectivity index (χ0n) is 82.7. The average Bonchev–Trinajstić information content (AvgIpc) is 1.04. The highest BCUT2D eigenvalue weighted by atomic mass is 16.6. The molecule has 0 aliphatic carbocycles. The van der Waals surface area contributed by atoms with Gasteiger partial charge < -0.3 is 176 Å². The second-order valence-electron chi connectivity index (χ2n) is 29.5. The molecule has 0 bridgehead atoms. The van der Waals surface area contributed by atoms with Crippen LogP contribution in [0.1, 0.15) is 123 Å². The summed E-state index contributed by atoms with van der Waals surface area (Å²) in [6.45, 7) is 38.8. The number of carbonyl (C=O) groups is 2. The molecule has 39 heteroatoms. The van der Waals surface area contributed by atoms with Gasteiger partial charge in [-0.25, -0.2) is 0 Å². The smallest absolute Gasteiger partial charge is 0.220 e. The predicted molar refractivity (Wildman–Crippen MR) is 497 cm³/mol. The highest BCUT2D eigenvalue weighted by Crippen LogP contribution is 2.14. The number of Topliss-reactive ketones (excluding diaryl/α,β-unsaturated/α-hetero) is 1. The van der Waals surface area contributed by atoms with Crippen LogP contribution < -0.4 is 5.32 Å². The molecule has 0 fully saturated rings. The molecule has 0 aliphatic rings. The van der Waals surface area contributed by atoms with E-state index in [9.17, 15) is 9.59 Å². The van der Waals surface area contributed by atoms with Crippen LogP contribution in [0, 0.1) is 0 Å². The van der Waals surface area contributed by atoms with Crippen molar-refractivity contribution in [2.75, 3.05) is 482 Å². The van der Waals surface area contributed by atoms with Crippen LogP contribution in [-0.2, 0) is 180 Å². The van der Waals surface area contributed by atoms with Crippen molar-refractivity contribution >= 4 is 11.7 Å². The van der Waals surface area contributed by atoms with Gasteiger partial charge in [-0.3, -0.25) is 9.59 Å². The molecule has 0 heterocycles. The van der Waals surface area contributed by atoms with Gasteiger partial charge in [-0.15, -0.1) is 0 Å². The molecule has 133 heavy (non-hydrogen) atoms. The Morgan fingerprint density at radius 3 is 0.361 bits per heavy atom. The van der Waals surface area contributed by atoms with Gasteiger partial charge in [0.25, 0.3) is 0 Å². The molecule has 39 nitrogen and oxygen atoms in total. The number of hydrogen-bond acceptors (Lipinski definition) is 38. The number of carbonyl (C=O) groups excluding carboxylic acids is 2. The third kappa shape index (κ3) is 128. The van der Waals surface area contributed by atoms with E-state index in [1.807, 2.05) is 0 Å². The lowest BCUT2D eigenvalue weighted by molar-refractivity contribution is -0.121. The van der Waals surface area contributed by atoms with Gasteiger partial charge in [0.2, 0.25) is 5.91 Å². The molecule has 0 saturated carbocycles. The number of hydrogen-bond donors (Lipinski definition) is 1. The molecular formula is C94H187NO38. The predicted octanol–water partition coefficient (Wildman–Crippen LogP) is 6.94. The fourth-order valence-electron chi connectivity index (χ4n) is 11.0. The van der Waals surface area contributed by atoms with Crippen molar-refractivity contribution in [3.63, 3.8) is 0 Å². The van der Waals surface area contributed by atoms with E-state index in [-0.39, 0.29) is 11.7 Å². The minimum absolute atomic E-state index is 0.111. The van der Waals surface area contributed by atoms with E-state index in [1.165, 1.54) is 83.5 Å². The zero-order valence-corrected chi connectivity index (χ0v) is 82.7. The van der Waals surface area contributed by atoms with Crippen LogP contribution >= 0.6 is 0 Å². The summed E-state index contributed by atoms with van der Waals surface area (Å²) in [4.78, 5) is 22.9. The molecule has 0 aliphatic heterocycles. The van der Waals surface area contributed by atoms with Crippen LogP contribution in [0.15, 0.2) is 0 Å². The van der Waals surface area contributed by atoms with Crippen LogP contribution in [0.3, 0.4) is 0 Å². The largest absolute Gasteiger partial charge is 0.379 e. The summed E-state index contributed by atoms with van der Waals surface area (Å²) in [6.07, 6.45) is 20.8. The molecule has 1 amide bonds. The summed E-state index contributed by atoms with van der Waals surface area (Å²) in [5.41, 5.74) is 0. The topological polar surface area (TPSA) is 378 Å². The van der Waals surface area contributed by atoms with Gasteiger partial charge in [0.05, 0.1) is 476 Å². The van der Waals surface area contributed by atoms with Gasteiger partial charge in [0, 0.05) is 19.4 Å². The van der Waals surface area contributed by atoms with Gasteiger partial charge >= 0.3 is 0 Å². The summed E-state index contributed by atoms with van der Waals surface area (Å²) < 4.78 is 199. The first-order valence-electron chi connectivity index (χ1n) is 49.7. The quantitative estimate of drug-likeness (QED) is 0.0602. The van der Waals surface area contributed by atoms with Crippen molar-refractivity contribution in [1.29, 1.82) is 0 Å². The Kier molecular flexibility index (Phi) is 124. The number of unbranched alkanes of at least 4 members (excludes halogenated alkanes) is 14. The summed E-state index contributed by atoms with van der Waals surface area (Å²) in [7, 11) is 0. The summed E-state index contributed by atoms with van der Waals surface area (Å²) >= 11 is 0. The monoisotopic (exact) mass is 1940 g/mol. The average molecular weight is 1940 g/mol. The third-order valence-electron chi connectivity index (χ3n) is 18.2. The minimum atomic E-state index is 0.111. The molecule has 0 aromatic rings. The Hall–Kier alpha value is -2.30. The maximum atomic E-state index is 12.1. The molecular weight excluding hydrogens is 1750 g/mol. The second kappa shape index (κ2) is 126. The number of rotatable bonds is 127. The first-order chi connectivity index (χ1) is 66.2. The lowest BCUT2D eigenvalue weighted by Crippen LogP contribution is -2.27. The van der Waals surface area contributed by atoms with Crippen molar-refractivity contribution in [2.24, 2.45) is 0 Å². The second-order valence-corrected chi connectivity index (χ2v) is 29.5. The van der Waals surface area contributed by atoms with Crippen LogP contribution in [0.4, 0.5) is 0 Å². The number of ether oxygens (including phenoxy) is 36. The Morgan fingerprint density at radius 2 is 0.241 bits per heavy atom. The maximum absolute atomic E-state index is 12.1. The van der Waals surface area contributed by atoms with Crippen LogP contribution in [0.25, 0.3) is 0 Å². The van der Waals surface area contributed by atoms with Crippen molar-refractivity contribution in [3.05, 3.63) is 0 Å². The van der Waals surface area contributed by atoms with E-state index >= 15 is 0 Å². The maximum Gasteiger partial charge on any atom is 0.220 e. The fraction of sp³-hybridized carbons (Fsp3) is 0.979. The van der Waals surface area contributed by atoms with Crippen molar-refractivity contribution in [3.8, 4) is 0 Å². The van der Waals surface area contributed by atoms with Crippen molar-refractivity contribution in [1.82, 2.24) is 5.32 Å². The Bertz CT molecular complexity index is 2050.